The highest BCUT2D eigenvalue weighted by Gasteiger charge is 1.99. The molecule has 0 radical (unpaired) electrons. The van der Waals surface area contributed by atoms with Crippen molar-refractivity contribution in [3.05, 3.63) is 12.7 Å². The van der Waals surface area contributed by atoms with E-state index in [1.807, 2.05) is 0 Å². The maximum absolute atomic E-state index is 10.4. The Hall–Kier alpha value is -0.440. The Morgan fingerprint density at radius 1 is 1.88 bits per heavy atom. The van der Waals surface area contributed by atoms with Gasteiger partial charge < -0.3 is 0 Å². The van der Waals surface area contributed by atoms with Crippen LogP contribution in [0.1, 0.15) is 6.92 Å². The van der Waals surface area contributed by atoms with E-state index < -0.39 is 10.8 Å². The van der Waals surface area contributed by atoms with Crippen LogP contribution in [0.2, 0.25) is 0 Å². The molecular weight excluding hydrogens is 124 g/mol. The summed E-state index contributed by atoms with van der Waals surface area (Å²) in [6, 6.07) is 0. The Balaban J connectivity index is 3.65. The summed E-state index contributed by atoms with van der Waals surface area (Å²) in [7, 11) is -1.33. The molecule has 0 rings (SSSR count). The first-order valence-corrected chi connectivity index (χ1v) is 3.50. The molecule has 0 heterocycles. The van der Waals surface area contributed by atoms with Crippen LogP contribution >= 0.6 is 0 Å². The lowest BCUT2D eigenvalue weighted by Crippen LogP contribution is -2.03. The largest absolute Gasteiger partial charge is 0.285 e. The van der Waals surface area contributed by atoms with E-state index in [0.717, 1.165) is 0 Å². The molecule has 2 nitrogen and oxygen atoms in total. The number of carbonyl (C=O) groups is 1. The number of hydrogen-bond donors (Lipinski definition) is 0. The van der Waals surface area contributed by atoms with Crippen LogP contribution in [0.3, 0.4) is 0 Å². The Bertz CT molecular complexity index is 128. The van der Waals surface area contributed by atoms with Crippen LogP contribution in [0.15, 0.2) is 12.7 Å². The molecule has 0 amide bonds. The van der Waals surface area contributed by atoms with Crippen molar-refractivity contribution < 1.29 is 9.00 Å². The normalized spacial score (nSPS) is 12.6. The molecule has 0 saturated heterocycles. The molecule has 46 valence electrons. The lowest BCUT2D eigenvalue weighted by molar-refractivity contribution is -0.109. The zero-order chi connectivity index (χ0) is 6.57. The van der Waals surface area contributed by atoms with Gasteiger partial charge in [-0.25, -0.2) is 0 Å². The van der Waals surface area contributed by atoms with Crippen LogP contribution in [0.4, 0.5) is 0 Å². The van der Waals surface area contributed by atoms with E-state index in [1.165, 1.54) is 13.0 Å². The highest BCUT2D eigenvalue weighted by Crippen LogP contribution is 1.82. The third kappa shape index (κ3) is 2.69. The minimum absolute atomic E-state index is 0.273. The first kappa shape index (κ1) is 7.56. The molecule has 0 aromatic rings. The highest BCUT2D eigenvalue weighted by molar-refractivity contribution is 8.00. The topological polar surface area (TPSA) is 34.1 Å². The standard InChI is InChI=1S/C5H8O2S/c1-3-4-8(7)5(2)6/h3H,1,4H2,2H3. The van der Waals surface area contributed by atoms with Gasteiger partial charge in [0.05, 0.1) is 10.8 Å². The van der Waals surface area contributed by atoms with Gasteiger partial charge in [0.15, 0.2) is 0 Å². The molecule has 0 saturated carbocycles. The quantitative estimate of drug-likeness (QED) is 0.512. The Morgan fingerprint density at radius 2 is 2.38 bits per heavy atom. The van der Waals surface area contributed by atoms with Crippen LogP contribution in [0, 0.1) is 0 Å². The van der Waals surface area contributed by atoms with E-state index >= 15 is 0 Å². The summed E-state index contributed by atoms with van der Waals surface area (Å²) in [6.07, 6.45) is 1.47. The van der Waals surface area contributed by atoms with Crippen LogP contribution in [0.25, 0.3) is 0 Å². The van der Waals surface area contributed by atoms with Crippen molar-refractivity contribution in [2.45, 2.75) is 6.92 Å². The van der Waals surface area contributed by atoms with Crippen molar-refractivity contribution in [3.63, 3.8) is 0 Å². The maximum atomic E-state index is 10.4. The van der Waals surface area contributed by atoms with Crippen molar-refractivity contribution in [1.82, 2.24) is 0 Å². The van der Waals surface area contributed by atoms with Gasteiger partial charge in [-0.1, -0.05) is 6.08 Å². The second kappa shape index (κ2) is 3.55. The van der Waals surface area contributed by atoms with Crippen LogP contribution in [-0.2, 0) is 15.6 Å². The third-order valence-electron chi connectivity index (χ3n) is 0.590. The van der Waals surface area contributed by atoms with E-state index in [9.17, 15) is 9.00 Å². The lowest BCUT2D eigenvalue weighted by atomic mass is 10.8. The smallest absolute Gasteiger partial charge is 0.216 e. The SMILES string of the molecule is C=CCS(=O)C(C)=O. The van der Waals surface area contributed by atoms with Gasteiger partial charge in [-0.2, -0.15) is 0 Å². The maximum Gasteiger partial charge on any atom is 0.216 e. The summed E-state index contributed by atoms with van der Waals surface area (Å²) in [6.45, 7) is 4.64. The van der Waals surface area contributed by atoms with E-state index in [0.29, 0.717) is 0 Å². The van der Waals surface area contributed by atoms with Crippen LogP contribution < -0.4 is 0 Å². The Kier molecular flexibility index (Phi) is 3.35. The fourth-order valence-electron chi connectivity index (χ4n) is 0.224. The van der Waals surface area contributed by atoms with Gasteiger partial charge >= 0.3 is 0 Å². The van der Waals surface area contributed by atoms with Gasteiger partial charge in [0.1, 0.15) is 0 Å². The minimum Gasteiger partial charge on any atom is -0.285 e. The van der Waals surface area contributed by atoms with Gasteiger partial charge in [-0.05, 0) is 0 Å². The van der Waals surface area contributed by atoms with Gasteiger partial charge in [-0.15, -0.1) is 6.58 Å². The second-order valence-electron chi connectivity index (χ2n) is 1.29. The molecule has 1 unspecified atom stereocenters. The molecule has 0 fully saturated rings. The summed E-state index contributed by atoms with van der Waals surface area (Å²) in [4.78, 5) is 10.2. The zero-order valence-electron chi connectivity index (χ0n) is 4.72. The number of rotatable bonds is 2. The predicted molar refractivity (Wildman–Crippen MR) is 33.9 cm³/mol. The Labute approximate surface area is 51.0 Å². The zero-order valence-corrected chi connectivity index (χ0v) is 5.53. The van der Waals surface area contributed by atoms with Gasteiger partial charge in [0.25, 0.3) is 0 Å². The van der Waals surface area contributed by atoms with E-state index in [1.54, 1.807) is 0 Å². The molecule has 0 spiro atoms. The molecule has 0 aliphatic heterocycles. The average Bonchev–Trinajstić information content (AvgIpc) is 1.67. The van der Waals surface area contributed by atoms with Gasteiger partial charge in [0, 0.05) is 12.7 Å². The van der Waals surface area contributed by atoms with E-state index in [4.69, 9.17) is 0 Å². The summed E-state index contributed by atoms with van der Waals surface area (Å²) >= 11 is 0. The van der Waals surface area contributed by atoms with Crippen LogP contribution in [-0.4, -0.2) is 15.1 Å². The van der Waals surface area contributed by atoms with Crippen LogP contribution in [0.5, 0.6) is 0 Å². The minimum atomic E-state index is -1.33. The lowest BCUT2D eigenvalue weighted by Gasteiger charge is -1.85. The van der Waals surface area contributed by atoms with Crippen molar-refractivity contribution in [1.29, 1.82) is 0 Å². The molecule has 0 aromatic carbocycles. The van der Waals surface area contributed by atoms with E-state index in [-0.39, 0.29) is 10.9 Å². The van der Waals surface area contributed by atoms with Crippen molar-refractivity contribution >= 4 is 15.9 Å². The number of hydrogen-bond acceptors (Lipinski definition) is 2. The average molecular weight is 132 g/mol. The number of carbonyl (C=O) groups excluding carboxylic acids is 1. The third-order valence-corrected chi connectivity index (χ3v) is 1.77. The summed E-state index contributed by atoms with van der Waals surface area (Å²) in [5.74, 6) is 0.273. The van der Waals surface area contributed by atoms with E-state index in [2.05, 4.69) is 6.58 Å². The summed E-state index contributed by atoms with van der Waals surface area (Å²) in [5.41, 5.74) is 0. The fourth-order valence-corrected chi connectivity index (χ4v) is 0.673. The summed E-state index contributed by atoms with van der Waals surface area (Å²) < 4.78 is 10.4. The van der Waals surface area contributed by atoms with Crippen molar-refractivity contribution in [2.75, 3.05) is 5.75 Å². The predicted octanol–water partition coefficient (Wildman–Crippen LogP) is 0.468. The van der Waals surface area contributed by atoms with Gasteiger partial charge in [0.2, 0.25) is 5.12 Å². The van der Waals surface area contributed by atoms with Crippen molar-refractivity contribution in [3.8, 4) is 0 Å². The summed E-state index contributed by atoms with van der Waals surface area (Å²) in [5, 5.41) is -0.287. The molecule has 0 aliphatic rings. The molecular formula is C5H8O2S. The second-order valence-corrected chi connectivity index (χ2v) is 2.89. The molecule has 0 bridgehead atoms. The molecule has 8 heavy (non-hydrogen) atoms. The molecule has 1 atom stereocenters. The highest BCUT2D eigenvalue weighted by atomic mass is 32.2. The molecule has 0 aliphatic carbocycles. The molecule has 3 heteroatoms. The molecule has 0 aromatic heterocycles. The van der Waals surface area contributed by atoms with Gasteiger partial charge in [-0.3, -0.25) is 9.00 Å². The fraction of sp³-hybridized carbons (Fsp3) is 0.400. The Morgan fingerprint density at radius 3 is 2.50 bits per heavy atom. The first-order chi connectivity index (χ1) is 3.68. The monoisotopic (exact) mass is 132 g/mol. The molecule has 0 N–H and O–H groups in total. The first-order valence-electron chi connectivity index (χ1n) is 2.18. The van der Waals surface area contributed by atoms with Crippen molar-refractivity contribution in [2.24, 2.45) is 0 Å².